The van der Waals surface area contributed by atoms with Crippen LogP contribution in [0.5, 0.6) is 0 Å². The molecule has 0 fully saturated rings. The summed E-state index contributed by atoms with van der Waals surface area (Å²) in [6.45, 7) is 1.80. The van der Waals surface area contributed by atoms with Crippen molar-refractivity contribution in [1.29, 1.82) is 0 Å². The summed E-state index contributed by atoms with van der Waals surface area (Å²) in [5, 5.41) is 10.2. The number of aromatic amines is 1. The number of rotatable bonds is 2. The standard InChI is InChI=1S/C12H9ClN4O2/c1-6-8-4-7(13)2-3-9(8)19-10(6)11(18)16-12-14-5-15-17-12/h2-5H,1H3,(H2,14,15,16,17,18). The molecule has 0 aliphatic heterocycles. The fourth-order valence-electron chi connectivity index (χ4n) is 1.84. The third-order valence-electron chi connectivity index (χ3n) is 2.75. The largest absolute Gasteiger partial charge is 0.451 e. The van der Waals surface area contributed by atoms with Crippen LogP contribution in [-0.4, -0.2) is 21.1 Å². The number of halogens is 1. The highest BCUT2D eigenvalue weighted by Gasteiger charge is 2.18. The minimum Gasteiger partial charge on any atom is -0.451 e. The van der Waals surface area contributed by atoms with E-state index in [9.17, 15) is 4.79 Å². The molecule has 0 unspecified atom stereocenters. The smallest absolute Gasteiger partial charge is 0.294 e. The van der Waals surface area contributed by atoms with E-state index in [1.54, 1.807) is 25.1 Å². The number of carbonyl (C=O) groups is 1. The Kier molecular flexibility index (Phi) is 2.72. The Balaban J connectivity index is 2.00. The van der Waals surface area contributed by atoms with Gasteiger partial charge in [-0.25, -0.2) is 5.10 Å². The second-order valence-electron chi connectivity index (χ2n) is 3.98. The second kappa shape index (κ2) is 4.40. The predicted octanol–water partition coefficient (Wildman–Crippen LogP) is 2.77. The lowest BCUT2D eigenvalue weighted by atomic mass is 10.1. The Morgan fingerprint density at radius 3 is 3.05 bits per heavy atom. The Hall–Kier alpha value is -2.34. The Morgan fingerprint density at radius 1 is 1.47 bits per heavy atom. The van der Waals surface area contributed by atoms with Crippen LogP contribution in [0.25, 0.3) is 11.0 Å². The van der Waals surface area contributed by atoms with Crippen molar-refractivity contribution in [2.24, 2.45) is 0 Å². The number of hydrogen-bond donors (Lipinski definition) is 2. The fraction of sp³-hybridized carbons (Fsp3) is 0.0833. The van der Waals surface area contributed by atoms with Gasteiger partial charge in [0.2, 0.25) is 5.95 Å². The van der Waals surface area contributed by atoms with Crippen molar-refractivity contribution in [1.82, 2.24) is 15.2 Å². The molecule has 96 valence electrons. The van der Waals surface area contributed by atoms with Crippen LogP contribution in [0, 0.1) is 6.92 Å². The van der Waals surface area contributed by atoms with Crippen molar-refractivity contribution < 1.29 is 9.21 Å². The molecule has 0 bridgehead atoms. The number of fused-ring (bicyclic) bond motifs is 1. The molecular formula is C12H9ClN4O2. The number of nitrogens with one attached hydrogen (secondary N) is 2. The summed E-state index contributed by atoms with van der Waals surface area (Å²) in [5.74, 6) is 0.109. The summed E-state index contributed by atoms with van der Waals surface area (Å²) >= 11 is 5.93. The van der Waals surface area contributed by atoms with Gasteiger partial charge in [-0.2, -0.15) is 10.1 Å². The Bertz CT molecular complexity index is 749. The van der Waals surface area contributed by atoms with Crippen LogP contribution in [0.15, 0.2) is 28.9 Å². The maximum Gasteiger partial charge on any atom is 0.294 e. The maximum atomic E-state index is 12.1. The highest BCUT2D eigenvalue weighted by atomic mass is 35.5. The van der Waals surface area contributed by atoms with Crippen LogP contribution < -0.4 is 5.32 Å². The lowest BCUT2D eigenvalue weighted by molar-refractivity contribution is 0.0997. The molecule has 0 aliphatic carbocycles. The van der Waals surface area contributed by atoms with Gasteiger partial charge in [-0.05, 0) is 25.1 Å². The average Bonchev–Trinajstić information content (AvgIpc) is 2.98. The van der Waals surface area contributed by atoms with Crippen LogP contribution >= 0.6 is 11.6 Å². The van der Waals surface area contributed by atoms with Gasteiger partial charge in [0.05, 0.1) is 0 Å². The number of aryl methyl sites for hydroxylation is 1. The SMILES string of the molecule is Cc1c(C(=O)Nc2ncn[nH]2)oc2ccc(Cl)cc12. The van der Waals surface area contributed by atoms with E-state index in [1.165, 1.54) is 6.33 Å². The monoisotopic (exact) mass is 276 g/mol. The normalized spacial score (nSPS) is 10.8. The topological polar surface area (TPSA) is 83.8 Å². The molecule has 6 nitrogen and oxygen atoms in total. The van der Waals surface area contributed by atoms with Gasteiger partial charge >= 0.3 is 0 Å². The van der Waals surface area contributed by atoms with Crippen LogP contribution in [0.4, 0.5) is 5.95 Å². The number of nitrogens with zero attached hydrogens (tertiary/aromatic N) is 2. The van der Waals surface area contributed by atoms with Gasteiger partial charge in [0.25, 0.3) is 5.91 Å². The first kappa shape index (κ1) is 11.7. The van der Waals surface area contributed by atoms with Crippen molar-refractivity contribution in [3.8, 4) is 0 Å². The van der Waals surface area contributed by atoms with E-state index >= 15 is 0 Å². The van der Waals surface area contributed by atoms with Crippen molar-refractivity contribution in [2.45, 2.75) is 6.92 Å². The number of hydrogen-bond acceptors (Lipinski definition) is 4. The Morgan fingerprint density at radius 2 is 2.32 bits per heavy atom. The van der Waals surface area contributed by atoms with Gasteiger partial charge in [-0.15, -0.1) is 0 Å². The first-order valence-electron chi connectivity index (χ1n) is 5.50. The van der Waals surface area contributed by atoms with Crippen LogP contribution in [0.2, 0.25) is 5.02 Å². The molecule has 1 aromatic carbocycles. The molecule has 1 amide bonds. The van der Waals surface area contributed by atoms with Gasteiger partial charge < -0.3 is 4.42 Å². The molecule has 3 aromatic rings. The fourth-order valence-corrected chi connectivity index (χ4v) is 2.01. The van der Waals surface area contributed by atoms with E-state index in [2.05, 4.69) is 20.5 Å². The number of furan rings is 1. The summed E-state index contributed by atoms with van der Waals surface area (Å²) in [6.07, 6.45) is 1.31. The molecule has 2 aromatic heterocycles. The average molecular weight is 277 g/mol. The third kappa shape index (κ3) is 2.06. The second-order valence-corrected chi connectivity index (χ2v) is 4.42. The van der Waals surface area contributed by atoms with E-state index in [-0.39, 0.29) is 17.6 Å². The molecule has 2 heterocycles. The Labute approximate surface area is 112 Å². The minimum absolute atomic E-state index is 0.230. The lowest BCUT2D eigenvalue weighted by Crippen LogP contribution is -2.13. The molecule has 0 radical (unpaired) electrons. The molecule has 0 saturated carbocycles. The first-order chi connectivity index (χ1) is 9.15. The predicted molar refractivity (Wildman–Crippen MR) is 70.3 cm³/mol. The molecule has 0 spiro atoms. The van der Waals surface area contributed by atoms with Crippen molar-refractivity contribution in [3.63, 3.8) is 0 Å². The molecule has 0 atom stereocenters. The van der Waals surface area contributed by atoms with E-state index in [0.29, 0.717) is 10.6 Å². The van der Waals surface area contributed by atoms with Crippen LogP contribution in [0.3, 0.4) is 0 Å². The number of carbonyl (C=O) groups excluding carboxylic acids is 1. The summed E-state index contributed by atoms with van der Waals surface area (Å²) < 4.78 is 5.53. The summed E-state index contributed by atoms with van der Waals surface area (Å²) in [6, 6.07) is 5.21. The number of H-pyrrole nitrogens is 1. The molecule has 2 N–H and O–H groups in total. The van der Waals surface area contributed by atoms with E-state index in [0.717, 1.165) is 10.9 Å². The zero-order valence-electron chi connectivity index (χ0n) is 9.90. The molecule has 19 heavy (non-hydrogen) atoms. The zero-order chi connectivity index (χ0) is 13.4. The number of benzene rings is 1. The van der Waals surface area contributed by atoms with Gasteiger partial charge in [0.1, 0.15) is 11.9 Å². The molecular weight excluding hydrogens is 268 g/mol. The van der Waals surface area contributed by atoms with Crippen LogP contribution in [0.1, 0.15) is 16.1 Å². The summed E-state index contributed by atoms with van der Waals surface area (Å²) in [7, 11) is 0. The number of amides is 1. The third-order valence-corrected chi connectivity index (χ3v) is 2.99. The van der Waals surface area contributed by atoms with Crippen molar-refractivity contribution >= 4 is 34.4 Å². The van der Waals surface area contributed by atoms with E-state index in [1.807, 2.05) is 0 Å². The minimum atomic E-state index is -0.387. The number of aromatic nitrogens is 3. The first-order valence-corrected chi connectivity index (χ1v) is 5.88. The van der Waals surface area contributed by atoms with E-state index < -0.39 is 0 Å². The van der Waals surface area contributed by atoms with Crippen LogP contribution in [-0.2, 0) is 0 Å². The lowest BCUT2D eigenvalue weighted by Gasteiger charge is -1.98. The van der Waals surface area contributed by atoms with Gasteiger partial charge in [0.15, 0.2) is 5.76 Å². The quantitative estimate of drug-likeness (QED) is 0.754. The number of anilines is 1. The van der Waals surface area contributed by atoms with Gasteiger partial charge in [0, 0.05) is 16.0 Å². The highest BCUT2D eigenvalue weighted by molar-refractivity contribution is 6.31. The maximum absolute atomic E-state index is 12.1. The highest BCUT2D eigenvalue weighted by Crippen LogP contribution is 2.28. The molecule has 0 saturated heterocycles. The van der Waals surface area contributed by atoms with Gasteiger partial charge in [-0.3, -0.25) is 10.1 Å². The van der Waals surface area contributed by atoms with Gasteiger partial charge in [-0.1, -0.05) is 11.6 Å². The molecule has 3 rings (SSSR count). The van der Waals surface area contributed by atoms with Crippen molar-refractivity contribution in [3.05, 3.63) is 40.9 Å². The van der Waals surface area contributed by atoms with Crippen molar-refractivity contribution in [2.75, 3.05) is 5.32 Å². The summed E-state index contributed by atoms with van der Waals surface area (Å²) in [5.41, 5.74) is 1.35. The molecule has 7 heteroatoms. The zero-order valence-corrected chi connectivity index (χ0v) is 10.7. The summed E-state index contributed by atoms with van der Waals surface area (Å²) in [4.78, 5) is 15.9. The molecule has 0 aliphatic rings. The van der Waals surface area contributed by atoms with E-state index in [4.69, 9.17) is 16.0 Å².